The summed E-state index contributed by atoms with van der Waals surface area (Å²) in [6, 6.07) is 7.49. The SMILES string of the molecule is O=C(NCCc1ccc(O)cc1)NCC[C@H]1CCCN1.O=CO. The van der Waals surface area contributed by atoms with Gasteiger partial charge in [-0.2, -0.15) is 0 Å². The summed E-state index contributed by atoms with van der Waals surface area (Å²) in [5.41, 5.74) is 1.10. The molecule has 0 saturated carbocycles. The minimum Gasteiger partial charge on any atom is -0.508 e. The molecule has 1 aliphatic rings. The summed E-state index contributed by atoms with van der Waals surface area (Å²) in [6.07, 6.45) is 4.21. The van der Waals surface area contributed by atoms with Crippen molar-refractivity contribution < 1.29 is 19.8 Å². The van der Waals surface area contributed by atoms with Crippen molar-refractivity contribution in [2.45, 2.75) is 31.7 Å². The average Bonchev–Trinajstić information content (AvgIpc) is 3.03. The van der Waals surface area contributed by atoms with E-state index in [1.165, 1.54) is 12.8 Å². The molecule has 23 heavy (non-hydrogen) atoms. The number of hydrogen-bond acceptors (Lipinski definition) is 4. The summed E-state index contributed by atoms with van der Waals surface area (Å²) in [5.74, 6) is 0.264. The maximum atomic E-state index is 11.6. The van der Waals surface area contributed by atoms with Crippen LogP contribution < -0.4 is 16.0 Å². The topological polar surface area (TPSA) is 111 Å². The van der Waals surface area contributed by atoms with Crippen LogP contribution in [-0.4, -0.2) is 48.4 Å². The van der Waals surface area contributed by atoms with Crippen LogP contribution in [0.25, 0.3) is 0 Å². The molecule has 0 unspecified atom stereocenters. The van der Waals surface area contributed by atoms with Crippen molar-refractivity contribution in [2.24, 2.45) is 0 Å². The number of amides is 2. The average molecular weight is 323 g/mol. The molecule has 1 aromatic rings. The van der Waals surface area contributed by atoms with E-state index in [1.54, 1.807) is 12.1 Å². The number of hydrogen-bond donors (Lipinski definition) is 5. The fraction of sp³-hybridized carbons (Fsp3) is 0.500. The van der Waals surface area contributed by atoms with Gasteiger partial charge in [0.25, 0.3) is 6.47 Å². The molecule has 2 amide bonds. The van der Waals surface area contributed by atoms with Gasteiger partial charge in [0.15, 0.2) is 0 Å². The largest absolute Gasteiger partial charge is 0.508 e. The number of benzene rings is 1. The summed E-state index contributed by atoms with van der Waals surface area (Å²) < 4.78 is 0. The Morgan fingerprint density at radius 3 is 2.52 bits per heavy atom. The van der Waals surface area contributed by atoms with Gasteiger partial charge in [0.2, 0.25) is 0 Å². The molecule has 0 spiro atoms. The Kier molecular flexibility index (Phi) is 9.23. The lowest BCUT2D eigenvalue weighted by atomic mass is 10.1. The molecule has 1 aliphatic heterocycles. The van der Waals surface area contributed by atoms with Crippen molar-refractivity contribution in [1.29, 1.82) is 0 Å². The number of carbonyl (C=O) groups is 2. The van der Waals surface area contributed by atoms with Gasteiger partial charge in [-0.15, -0.1) is 0 Å². The summed E-state index contributed by atoms with van der Waals surface area (Å²) >= 11 is 0. The van der Waals surface area contributed by atoms with E-state index >= 15 is 0 Å². The Balaban J connectivity index is 0.000000816. The first kappa shape index (κ1) is 18.8. The van der Waals surface area contributed by atoms with Gasteiger partial charge in [-0.05, 0) is 49.9 Å². The smallest absolute Gasteiger partial charge is 0.314 e. The van der Waals surface area contributed by atoms with Crippen LogP contribution in [-0.2, 0) is 11.2 Å². The van der Waals surface area contributed by atoms with Crippen LogP contribution >= 0.6 is 0 Å². The lowest BCUT2D eigenvalue weighted by molar-refractivity contribution is -0.122. The van der Waals surface area contributed by atoms with Gasteiger partial charge in [0, 0.05) is 19.1 Å². The highest BCUT2D eigenvalue weighted by molar-refractivity contribution is 5.73. The zero-order valence-electron chi connectivity index (χ0n) is 13.1. The van der Waals surface area contributed by atoms with Crippen molar-refractivity contribution in [3.8, 4) is 5.75 Å². The predicted octanol–water partition coefficient (Wildman–Crippen LogP) is 1.08. The Bertz CT molecular complexity index is 459. The molecular formula is C16H25N3O4. The van der Waals surface area contributed by atoms with Crippen LogP contribution in [0.2, 0.25) is 0 Å². The van der Waals surface area contributed by atoms with Gasteiger partial charge in [0.1, 0.15) is 5.75 Å². The highest BCUT2D eigenvalue weighted by atomic mass is 16.3. The fourth-order valence-corrected chi connectivity index (χ4v) is 2.41. The molecule has 1 aromatic carbocycles. The second kappa shape index (κ2) is 11.3. The monoisotopic (exact) mass is 323 g/mol. The Hall–Kier alpha value is -2.28. The third-order valence-corrected chi connectivity index (χ3v) is 3.58. The van der Waals surface area contributed by atoms with E-state index in [0.717, 1.165) is 24.9 Å². The molecule has 128 valence electrons. The minimum atomic E-state index is -0.250. The lowest BCUT2D eigenvalue weighted by Gasteiger charge is -2.11. The van der Waals surface area contributed by atoms with E-state index < -0.39 is 0 Å². The van der Waals surface area contributed by atoms with Gasteiger partial charge >= 0.3 is 6.03 Å². The number of aromatic hydroxyl groups is 1. The third-order valence-electron chi connectivity index (χ3n) is 3.58. The van der Waals surface area contributed by atoms with E-state index in [0.29, 0.717) is 19.1 Å². The third kappa shape index (κ3) is 8.67. The highest BCUT2D eigenvalue weighted by Crippen LogP contribution is 2.09. The van der Waals surface area contributed by atoms with E-state index in [9.17, 15) is 9.90 Å². The minimum absolute atomic E-state index is 0.109. The first-order chi connectivity index (χ1) is 11.2. The second-order valence-electron chi connectivity index (χ2n) is 5.29. The number of rotatable bonds is 6. The van der Waals surface area contributed by atoms with E-state index in [1.807, 2.05) is 12.1 Å². The molecule has 2 rings (SSSR count). The molecule has 1 heterocycles. The van der Waals surface area contributed by atoms with Gasteiger partial charge in [-0.3, -0.25) is 4.79 Å². The summed E-state index contributed by atoms with van der Waals surface area (Å²) in [5, 5.41) is 25.2. The molecule has 1 saturated heterocycles. The Morgan fingerprint density at radius 1 is 1.26 bits per heavy atom. The van der Waals surface area contributed by atoms with Crippen LogP contribution in [0.1, 0.15) is 24.8 Å². The van der Waals surface area contributed by atoms with Crippen molar-refractivity contribution in [3.63, 3.8) is 0 Å². The lowest BCUT2D eigenvalue weighted by Crippen LogP contribution is -2.38. The normalized spacial score (nSPS) is 16.1. The molecule has 5 N–H and O–H groups in total. The molecule has 1 fully saturated rings. The summed E-state index contributed by atoms with van der Waals surface area (Å²) in [4.78, 5) is 19.9. The second-order valence-corrected chi connectivity index (χ2v) is 5.29. The van der Waals surface area contributed by atoms with Crippen molar-refractivity contribution in [2.75, 3.05) is 19.6 Å². The van der Waals surface area contributed by atoms with Crippen molar-refractivity contribution in [1.82, 2.24) is 16.0 Å². The van der Waals surface area contributed by atoms with Gasteiger partial charge in [0.05, 0.1) is 0 Å². The van der Waals surface area contributed by atoms with E-state index in [-0.39, 0.29) is 18.3 Å². The maximum Gasteiger partial charge on any atom is 0.314 e. The quantitative estimate of drug-likeness (QED) is 0.503. The van der Waals surface area contributed by atoms with Gasteiger partial charge in [-0.1, -0.05) is 12.1 Å². The van der Waals surface area contributed by atoms with Crippen LogP contribution in [0, 0.1) is 0 Å². The zero-order chi connectivity index (χ0) is 16.9. The molecular weight excluding hydrogens is 298 g/mol. The molecule has 0 aliphatic carbocycles. The maximum absolute atomic E-state index is 11.6. The predicted molar refractivity (Wildman–Crippen MR) is 87.5 cm³/mol. The molecule has 7 nitrogen and oxygen atoms in total. The Labute approximate surface area is 136 Å². The summed E-state index contributed by atoms with van der Waals surface area (Å²) in [7, 11) is 0. The van der Waals surface area contributed by atoms with Gasteiger partial charge in [-0.25, -0.2) is 4.79 Å². The highest BCUT2D eigenvalue weighted by Gasteiger charge is 2.13. The van der Waals surface area contributed by atoms with E-state index in [2.05, 4.69) is 16.0 Å². The molecule has 0 aromatic heterocycles. The van der Waals surface area contributed by atoms with Crippen molar-refractivity contribution >= 4 is 12.5 Å². The first-order valence-electron chi connectivity index (χ1n) is 7.76. The zero-order valence-corrected chi connectivity index (χ0v) is 13.1. The first-order valence-corrected chi connectivity index (χ1v) is 7.76. The molecule has 0 bridgehead atoms. The molecule has 1 atom stereocenters. The standard InChI is InChI=1S/C15H23N3O2.CH2O2/c19-14-5-3-12(4-6-14)7-10-17-15(20)18-11-8-13-2-1-9-16-13;2-1-3/h3-6,13,16,19H,1-2,7-11H2,(H2,17,18,20);1H,(H,2,3)/t13-;/m1./s1. The number of carboxylic acid groups (broad SMARTS) is 1. The van der Waals surface area contributed by atoms with Gasteiger partial charge < -0.3 is 26.2 Å². The summed E-state index contributed by atoms with van der Waals surface area (Å²) in [6.45, 7) is 2.16. The molecule has 0 radical (unpaired) electrons. The Morgan fingerprint density at radius 2 is 1.91 bits per heavy atom. The van der Waals surface area contributed by atoms with Crippen molar-refractivity contribution in [3.05, 3.63) is 29.8 Å². The number of carbonyl (C=O) groups excluding carboxylic acids is 1. The van der Waals surface area contributed by atoms with Crippen LogP contribution in [0.4, 0.5) is 4.79 Å². The van der Waals surface area contributed by atoms with Crippen LogP contribution in [0.15, 0.2) is 24.3 Å². The van der Waals surface area contributed by atoms with Crippen LogP contribution in [0.5, 0.6) is 5.75 Å². The van der Waals surface area contributed by atoms with Crippen LogP contribution in [0.3, 0.4) is 0 Å². The number of nitrogens with one attached hydrogen (secondary N) is 3. The fourth-order valence-electron chi connectivity index (χ4n) is 2.41. The number of phenolic OH excluding ortho intramolecular Hbond substituents is 1. The molecule has 7 heteroatoms. The number of urea groups is 1. The number of phenols is 1. The van der Waals surface area contributed by atoms with E-state index in [4.69, 9.17) is 9.90 Å².